The molecule has 0 heterocycles. The molecule has 1 aromatic carbocycles. The first-order chi connectivity index (χ1) is 8.58. The van der Waals surface area contributed by atoms with E-state index in [1.165, 1.54) is 11.8 Å². The number of thiol groups is 1. The van der Waals surface area contributed by atoms with E-state index in [9.17, 15) is 4.79 Å². The van der Waals surface area contributed by atoms with Gasteiger partial charge < -0.3 is 10.5 Å². The van der Waals surface area contributed by atoms with Crippen LogP contribution >= 0.6 is 24.4 Å². The summed E-state index contributed by atoms with van der Waals surface area (Å²) in [6, 6.07) is 9.24. The predicted octanol–water partition coefficient (Wildman–Crippen LogP) is 2.08. The zero-order chi connectivity index (χ0) is 13.5. The van der Waals surface area contributed by atoms with Crippen molar-refractivity contribution in [2.45, 2.75) is 5.75 Å². The fourth-order valence-electron chi connectivity index (χ4n) is 1.15. The Bertz CT molecular complexity index is 504. The molecule has 0 radical (unpaired) electrons. The molecule has 0 atom stereocenters. The number of amides is 1. The van der Waals surface area contributed by atoms with Crippen molar-refractivity contribution in [3.63, 3.8) is 0 Å². The van der Waals surface area contributed by atoms with Crippen molar-refractivity contribution < 1.29 is 9.53 Å². The van der Waals surface area contributed by atoms with E-state index in [2.05, 4.69) is 12.6 Å². The van der Waals surface area contributed by atoms with Crippen molar-refractivity contribution in [1.82, 2.24) is 0 Å². The quantitative estimate of drug-likeness (QED) is 0.492. The van der Waals surface area contributed by atoms with Crippen LogP contribution in [0.15, 0.2) is 34.1 Å². The molecule has 0 spiro atoms. The van der Waals surface area contributed by atoms with Crippen LogP contribution in [0.5, 0.6) is 5.75 Å². The van der Waals surface area contributed by atoms with Gasteiger partial charge >= 0.3 is 0 Å². The number of carbonyl (C=O) groups is 1. The first-order valence-corrected chi connectivity index (χ1v) is 6.40. The molecule has 0 aliphatic carbocycles. The lowest BCUT2D eigenvalue weighted by molar-refractivity contribution is -0.114. The van der Waals surface area contributed by atoms with Crippen LogP contribution in [0.2, 0.25) is 0 Å². The second-order valence-electron chi connectivity index (χ2n) is 3.29. The van der Waals surface area contributed by atoms with Gasteiger partial charge in [0.2, 0.25) is 0 Å². The van der Waals surface area contributed by atoms with E-state index in [1.807, 2.05) is 24.3 Å². The molecule has 4 nitrogen and oxygen atoms in total. The van der Waals surface area contributed by atoms with Crippen molar-refractivity contribution in [2.75, 3.05) is 7.11 Å². The van der Waals surface area contributed by atoms with E-state index in [0.29, 0.717) is 9.99 Å². The number of carbonyl (C=O) groups excluding carboxylic acids is 1. The molecule has 0 fully saturated rings. The molecule has 1 aromatic rings. The summed E-state index contributed by atoms with van der Waals surface area (Å²) in [7, 11) is 1.60. The molecule has 0 aliphatic rings. The molecule has 0 bridgehead atoms. The highest BCUT2D eigenvalue weighted by molar-refractivity contribution is 8.15. The smallest absolute Gasteiger partial charge is 0.261 e. The van der Waals surface area contributed by atoms with Crippen LogP contribution in [0.4, 0.5) is 0 Å². The number of nitriles is 1. The minimum absolute atomic E-state index is 0.114. The van der Waals surface area contributed by atoms with Crippen molar-refractivity contribution >= 4 is 30.3 Å². The second-order valence-corrected chi connectivity index (χ2v) is 5.03. The van der Waals surface area contributed by atoms with E-state index in [0.717, 1.165) is 11.3 Å². The number of primary amides is 1. The first kappa shape index (κ1) is 14.5. The van der Waals surface area contributed by atoms with Gasteiger partial charge in [0.25, 0.3) is 5.91 Å². The maximum Gasteiger partial charge on any atom is 0.261 e. The zero-order valence-electron chi connectivity index (χ0n) is 9.71. The molecule has 0 aliphatic heterocycles. The van der Waals surface area contributed by atoms with Crippen molar-refractivity contribution in [1.29, 1.82) is 5.26 Å². The summed E-state index contributed by atoms with van der Waals surface area (Å²) >= 11 is 5.39. The molecule has 18 heavy (non-hydrogen) atoms. The summed E-state index contributed by atoms with van der Waals surface area (Å²) in [5.41, 5.74) is 5.98. The molecule has 2 N–H and O–H groups in total. The topological polar surface area (TPSA) is 76.1 Å². The average molecular weight is 280 g/mol. The van der Waals surface area contributed by atoms with Crippen molar-refractivity contribution in [3.8, 4) is 11.8 Å². The van der Waals surface area contributed by atoms with Gasteiger partial charge in [-0.25, -0.2) is 0 Å². The highest BCUT2D eigenvalue weighted by Crippen LogP contribution is 2.27. The van der Waals surface area contributed by atoms with Crippen LogP contribution in [0.3, 0.4) is 0 Å². The number of ether oxygens (including phenoxy) is 1. The summed E-state index contributed by atoms with van der Waals surface area (Å²) in [5, 5.41) is 8.74. The van der Waals surface area contributed by atoms with Gasteiger partial charge in [-0.05, 0) is 17.7 Å². The summed E-state index contributed by atoms with van der Waals surface area (Å²) in [4.78, 5) is 10.9. The largest absolute Gasteiger partial charge is 0.497 e. The third-order valence-electron chi connectivity index (χ3n) is 2.11. The number of hydrogen-bond acceptors (Lipinski definition) is 5. The van der Waals surface area contributed by atoms with E-state index >= 15 is 0 Å². The fraction of sp³-hybridized carbons (Fsp3) is 0.167. The Labute approximate surface area is 115 Å². The van der Waals surface area contributed by atoms with Crippen LogP contribution in [0.25, 0.3) is 0 Å². The van der Waals surface area contributed by atoms with Gasteiger partial charge in [-0.15, -0.1) is 24.4 Å². The maximum absolute atomic E-state index is 10.9. The molecule has 0 aromatic heterocycles. The molecule has 94 valence electrons. The zero-order valence-corrected chi connectivity index (χ0v) is 11.4. The van der Waals surface area contributed by atoms with Crippen LogP contribution in [0, 0.1) is 11.3 Å². The summed E-state index contributed by atoms with van der Waals surface area (Å²) in [6.45, 7) is 0. The first-order valence-electron chi connectivity index (χ1n) is 4.97. The van der Waals surface area contributed by atoms with Gasteiger partial charge in [-0.3, -0.25) is 4.79 Å². The minimum Gasteiger partial charge on any atom is -0.497 e. The fourth-order valence-corrected chi connectivity index (χ4v) is 2.29. The van der Waals surface area contributed by atoms with Gasteiger partial charge in [-0.1, -0.05) is 12.1 Å². The number of methoxy groups -OCH3 is 1. The van der Waals surface area contributed by atoms with Crippen LogP contribution < -0.4 is 10.5 Å². The molecule has 6 heteroatoms. The number of rotatable bonds is 5. The van der Waals surface area contributed by atoms with Gasteiger partial charge in [0.05, 0.1) is 11.3 Å². The third-order valence-corrected chi connectivity index (χ3v) is 3.67. The van der Waals surface area contributed by atoms with Gasteiger partial charge in [0, 0.05) is 5.75 Å². The lowest BCUT2D eigenvalue weighted by Crippen LogP contribution is -2.13. The molecular formula is C12H12N2O2S2. The molecule has 0 unspecified atom stereocenters. The average Bonchev–Trinajstić information content (AvgIpc) is 2.37. The summed E-state index contributed by atoms with van der Waals surface area (Å²) in [6.07, 6.45) is 0. The number of thioether (sulfide) groups is 1. The number of hydrogen-bond donors (Lipinski definition) is 2. The van der Waals surface area contributed by atoms with Crippen molar-refractivity contribution in [2.24, 2.45) is 5.73 Å². The number of benzene rings is 1. The highest BCUT2D eigenvalue weighted by atomic mass is 32.2. The van der Waals surface area contributed by atoms with Crippen LogP contribution in [-0.4, -0.2) is 13.0 Å². The summed E-state index contributed by atoms with van der Waals surface area (Å²) in [5.74, 6) is 0.617. The Morgan fingerprint density at radius 1 is 1.50 bits per heavy atom. The van der Waals surface area contributed by atoms with Crippen LogP contribution in [-0.2, 0) is 10.5 Å². The Hall–Kier alpha value is -1.58. The minimum atomic E-state index is -0.760. The normalized spacial score (nSPS) is 11.4. The van der Waals surface area contributed by atoms with E-state index in [-0.39, 0.29) is 5.57 Å². The molecular weight excluding hydrogens is 268 g/mol. The van der Waals surface area contributed by atoms with Crippen LogP contribution in [0.1, 0.15) is 5.56 Å². The number of nitrogens with zero attached hydrogens (tertiary/aromatic N) is 1. The Morgan fingerprint density at radius 2 is 2.11 bits per heavy atom. The second kappa shape index (κ2) is 6.99. The molecule has 0 saturated heterocycles. The monoisotopic (exact) mass is 280 g/mol. The van der Waals surface area contributed by atoms with Gasteiger partial charge in [0.15, 0.2) is 0 Å². The van der Waals surface area contributed by atoms with E-state index in [1.54, 1.807) is 13.2 Å². The molecule has 1 rings (SSSR count). The van der Waals surface area contributed by atoms with Crippen molar-refractivity contribution in [3.05, 3.63) is 39.6 Å². The highest BCUT2D eigenvalue weighted by Gasteiger charge is 2.09. The van der Waals surface area contributed by atoms with E-state index < -0.39 is 5.91 Å². The lowest BCUT2D eigenvalue weighted by atomic mass is 10.2. The summed E-state index contributed by atoms with van der Waals surface area (Å²) < 4.78 is 5.38. The predicted molar refractivity (Wildman–Crippen MR) is 75.1 cm³/mol. The number of nitrogens with two attached hydrogens (primary N) is 1. The SMILES string of the molecule is COc1ccc(CS/C(S)=C(\C#N)C(N)=O)cc1. The van der Waals surface area contributed by atoms with E-state index in [4.69, 9.17) is 15.7 Å². The van der Waals surface area contributed by atoms with Gasteiger partial charge in [0.1, 0.15) is 17.4 Å². The Kier molecular flexibility index (Phi) is 5.62. The molecule has 0 saturated carbocycles. The van der Waals surface area contributed by atoms with Gasteiger partial charge in [-0.2, -0.15) is 5.26 Å². The third kappa shape index (κ3) is 4.02. The maximum atomic E-state index is 10.9. The lowest BCUT2D eigenvalue weighted by Gasteiger charge is -2.04. The Balaban J connectivity index is 2.70. The molecule has 1 amide bonds. The Morgan fingerprint density at radius 3 is 2.56 bits per heavy atom. The standard InChI is InChI=1S/C12H12N2O2S2/c1-16-9-4-2-8(3-5-9)7-18-12(17)10(6-13)11(14)15/h2-5,17H,7H2,1H3,(H2,14,15)/b12-10+.